The van der Waals surface area contributed by atoms with Crippen LogP contribution in [-0.4, -0.2) is 80.3 Å². The van der Waals surface area contributed by atoms with Crippen LogP contribution < -0.4 is 0 Å². The molecule has 0 aromatic carbocycles. The Morgan fingerprint density at radius 2 is 2.00 bits per heavy atom. The van der Waals surface area contributed by atoms with E-state index in [1.165, 1.54) is 4.90 Å². The van der Waals surface area contributed by atoms with E-state index in [4.69, 9.17) is 4.74 Å². The first-order valence-corrected chi connectivity index (χ1v) is 11.5. The Balaban J connectivity index is 1.78. The number of carboxylic acid groups (broad SMARTS) is 1. The maximum Gasteiger partial charge on any atom is 0.310 e. The number of aliphatic carboxylic acids is 1. The number of carbonyl (C=O) groups is 3. The zero-order chi connectivity index (χ0) is 22.6. The van der Waals surface area contributed by atoms with Gasteiger partial charge in [-0.15, -0.1) is 6.58 Å². The number of nitrogens with zero attached hydrogens (tertiary/aromatic N) is 2. The van der Waals surface area contributed by atoms with Crippen molar-refractivity contribution in [2.24, 2.45) is 11.8 Å². The second-order valence-corrected chi connectivity index (χ2v) is 9.91. The van der Waals surface area contributed by atoms with Gasteiger partial charge in [0.1, 0.15) is 11.6 Å². The molecule has 8 heteroatoms. The fourth-order valence-corrected chi connectivity index (χ4v) is 6.69. The minimum Gasteiger partial charge on any atom is -0.481 e. The van der Waals surface area contributed by atoms with Gasteiger partial charge in [0, 0.05) is 12.6 Å². The Labute approximate surface area is 183 Å². The summed E-state index contributed by atoms with van der Waals surface area (Å²) in [7, 11) is 0. The second kappa shape index (κ2) is 7.89. The summed E-state index contributed by atoms with van der Waals surface area (Å²) in [6.45, 7) is 7.33. The largest absolute Gasteiger partial charge is 0.481 e. The van der Waals surface area contributed by atoms with Crippen molar-refractivity contribution in [3.63, 3.8) is 0 Å². The first-order chi connectivity index (χ1) is 14.7. The maximum absolute atomic E-state index is 14.1. The average molecular weight is 435 g/mol. The van der Waals surface area contributed by atoms with Gasteiger partial charge < -0.3 is 24.7 Å². The van der Waals surface area contributed by atoms with Gasteiger partial charge in [-0.05, 0) is 39.5 Å². The number of carbonyl (C=O) groups excluding carboxylic acids is 2. The quantitative estimate of drug-likeness (QED) is 0.589. The smallest absolute Gasteiger partial charge is 0.310 e. The van der Waals surface area contributed by atoms with Crippen molar-refractivity contribution in [3.8, 4) is 0 Å². The SMILES string of the molecule is C=CCN(C(=O)C1N([C@H](C)CO)C(=O)[C@@H]2[C@H](C(=O)O)[C@]3(C)CCC12O3)C1CCCCC1. The summed E-state index contributed by atoms with van der Waals surface area (Å²) in [5, 5.41) is 19.8. The summed E-state index contributed by atoms with van der Waals surface area (Å²) in [5.41, 5.74) is -2.13. The van der Waals surface area contributed by atoms with E-state index >= 15 is 0 Å². The average Bonchev–Trinajstić information content (AvgIpc) is 3.32. The van der Waals surface area contributed by atoms with Gasteiger partial charge in [-0.25, -0.2) is 0 Å². The molecular formula is C23H34N2O6. The normalized spacial score (nSPS) is 38.2. The van der Waals surface area contributed by atoms with E-state index in [2.05, 4.69) is 6.58 Å². The van der Waals surface area contributed by atoms with Crippen molar-refractivity contribution >= 4 is 17.8 Å². The molecule has 0 aromatic rings. The number of carboxylic acids is 1. The lowest BCUT2D eigenvalue weighted by molar-refractivity contribution is -0.159. The van der Waals surface area contributed by atoms with Crippen LogP contribution in [0.15, 0.2) is 12.7 Å². The van der Waals surface area contributed by atoms with E-state index in [9.17, 15) is 24.6 Å². The van der Waals surface area contributed by atoms with Gasteiger partial charge in [0.15, 0.2) is 0 Å². The van der Waals surface area contributed by atoms with E-state index in [1.54, 1.807) is 19.9 Å². The number of likely N-dealkylation sites (tertiary alicyclic amines) is 1. The summed E-state index contributed by atoms with van der Waals surface area (Å²) in [5.74, 6) is -3.58. The van der Waals surface area contributed by atoms with Gasteiger partial charge in [-0.3, -0.25) is 14.4 Å². The molecule has 3 saturated heterocycles. The van der Waals surface area contributed by atoms with Crippen LogP contribution in [0, 0.1) is 11.8 Å². The molecule has 2 bridgehead atoms. The van der Waals surface area contributed by atoms with Crippen molar-refractivity contribution < 1.29 is 29.3 Å². The number of rotatable bonds is 7. The van der Waals surface area contributed by atoms with Gasteiger partial charge in [0.05, 0.1) is 30.1 Å². The van der Waals surface area contributed by atoms with Gasteiger partial charge in [-0.2, -0.15) is 0 Å². The molecule has 1 spiro atoms. The van der Waals surface area contributed by atoms with Crippen molar-refractivity contribution in [3.05, 3.63) is 12.7 Å². The molecule has 4 fully saturated rings. The lowest BCUT2D eigenvalue weighted by Crippen LogP contribution is -2.60. The predicted octanol–water partition coefficient (Wildman–Crippen LogP) is 1.56. The van der Waals surface area contributed by atoms with Gasteiger partial charge in [-0.1, -0.05) is 25.3 Å². The Morgan fingerprint density at radius 3 is 2.58 bits per heavy atom. The van der Waals surface area contributed by atoms with Gasteiger partial charge in [0.2, 0.25) is 11.8 Å². The summed E-state index contributed by atoms with van der Waals surface area (Å²) in [6.07, 6.45) is 7.71. The first-order valence-electron chi connectivity index (χ1n) is 11.5. The second-order valence-electron chi connectivity index (χ2n) is 9.91. The topological polar surface area (TPSA) is 107 Å². The van der Waals surface area contributed by atoms with E-state index in [-0.39, 0.29) is 18.6 Å². The lowest BCUT2D eigenvalue weighted by atomic mass is 9.66. The fourth-order valence-electron chi connectivity index (χ4n) is 6.69. The molecule has 8 nitrogen and oxygen atoms in total. The first kappa shape index (κ1) is 22.3. The summed E-state index contributed by atoms with van der Waals surface area (Å²) < 4.78 is 6.39. The van der Waals surface area contributed by atoms with Crippen LogP contribution in [0.3, 0.4) is 0 Å². The van der Waals surface area contributed by atoms with Crippen LogP contribution in [0.4, 0.5) is 0 Å². The van der Waals surface area contributed by atoms with Crippen molar-refractivity contribution in [2.75, 3.05) is 13.2 Å². The number of fused-ring (bicyclic) bond motifs is 1. The summed E-state index contributed by atoms with van der Waals surface area (Å²) in [4.78, 5) is 43.1. The number of amides is 2. The van der Waals surface area contributed by atoms with Crippen LogP contribution >= 0.6 is 0 Å². The molecule has 3 aliphatic heterocycles. The van der Waals surface area contributed by atoms with Crippen LogP contribution in [0.1, 0.15) is 58.8 Å². The van der Waals surface area contributed by atoms with Crippen molar-refractivity contribution in [2.45, 2.75) is 88.1 Å². The number of ether oxygens (including phenoxy) is 1. The lowest BCUT2D eigenvalue weighted by Gasteiger charge is -2.42. The highest BCUT2D eigenvalue weighted by molar-refractivity contribution is 5.98. The highest BCUT2D eigenvalue weighted by atomic mass is 16.5. The zero-order valence-electron chi connectivity index (χ0n) is 18.5. The molecule has 4 rings (SSSR count). The zero-order valence-corrected chi connectivity index (χ0v) is 18.5. The Kier molecular flexibility index (Phi) is 5.67. The molecule has 0 radical (unpaired) electrons. The molecular weight excluding hydrogens is 400 g/mol. The van der Waals surface area contributed by atoms with Crippen molar-refractivity contribution in [1.29, 1.82) is 0 Å². The molecule has 0 aromatic heterocycles. The van der Waals surface area contributed by atoms with Crippen LogP contribution in [0.2, 0.25) is 0 Å². The molecule has 2 amide bonds. The summed E-state index contributed by atoms with van der Waals surface area (Å²) in [6, 6.07) is -1.47. The molecule has 2 unspecified atom stereocenters. The summed E-state index contributed by atoms with van der Waals surface area (Å²) >= 11 is 0. The third-order valence-corrected chi connectivity index (χ3v) is 8.08. The molecule has 172 valence electrons. The third kappa shape index (κ3) is 3.13. The number of aliphatic hydroxyl groups excluding tert-OH is 1. The molecule has 4 aliphatic rings. The minimum atomic E-state index is -1.16. The molecule has 3 heterocycles. The van der Waals surface area contributed by atoms with Crippen molar-refractivity contribution in [1.82, 2.24) is 9.80 Å². The van der Waals surface area contributed by atoms with E-state index in [0.717, 1.165) is 32.1 Å². The minimum absolute atomic E-state index is 0.0699. The van der Waals surface area contributed by atoms with E-state index < -0.39 is 47.0 Å². The Hall–Kier alpha value is -1.93. The van der Waals surface area contributed by atoms with E-state index in [0.29, 0.717) is 19.4 Å². The third-order valence-electron chi connectivity index (χ3n) is 8.08. The van der Waals surface area contributed by atoms with Gasteiger partial charge >= 0.3 is 5.97 Å². The fraction of sp³-hybridized carbons (Fsp3) is 0.783. The molecule has 2 N–H and O–H groups in total. The number of hydrogen-bond donors (Lipinski definition) is 2. The highest BCUT2D eigenvalue weighted by Crippen LogP contribution is 2.63. The molecule has 1 aliphatic carbocycles. The number of hydrogen-bond acceptors (Lipinski definition) is 5. The standard InChI is InChI=1S/C23H34N2O6/c1-4-12-24(15-8-6-5-7-9-15)20(28)18-23-11-10-22(3,31-23)17(21(29)30)16(23)19(27)25(18)14(2)13-26/h4,14-18,26H,1,5-13H2,2-3H3,(H,29,30)/t14-,16+,17-,18?,22+,23?/m1/s1. The van der Waals surface area contributed by atoms with Crippen LogP contribution in [0.25, 0.3) is 0 Å². The van der Waals surface area contributed by atoms with Crippen LogP contribution in [0.5, 0.6) is 0 Å². The Bertz CT molecular complexity index is 780. The number of aliphatic hydroxyl groups is 1. The molecule has 31 heavy (non-hydrogen) atoms. The monoisotopic (exact) mass is 434 g/mol. The van der Waals surface area contributed by atoms with Crippen LogP contribution in [-0.2, 0) is 19.1 Å². The highest BCUT2D eigenvalue weighted by Gasteiger charge is 2.78. The van der Waals surface area contributed by atoms with E-state index in [1.807, 2.05) is 4.90 Å². The molecule has 1 saturated carbocycles. The van der Waals surface area contributed by atoms with Gasteiger partial charge in [0.25, 0.3) is 0 Å². The molecule has 6 atom stereocenters. The predicted molar refractivity (Wildman–Crippen MR) is 112 cm³/mol. The Morgan fingerprint density at radius 1 is 1.32 bits per heavy atom. The maximum atomic E-state index is 14.1.